The summed E-state index contributed by atoms with van der Waals surface area (Å²) in [6.07, 6.45) is 1.94. The smallest absolute Gasteiger partial charge is 0.311 e. The zero-order chi connectivity index (χ0) is 16.4. The number of carbonyl (C=O) groups is 2. The zero-order valence-electron chi connectivity index (χ0n) is 13.4. The molecule has 2 heterocycles. The maximum atomic E-state index is 12.9. The molecule has 1 amide bonds. The molecule has 0 spiro atoms. The van der Waals surface area contributed by atoms with Crippen LogP contribution < -0.4 is 0 Å². The fourth-order valence-electron chi connectivity index (χ4n) is 3.56. The number of likely N-dealkylation sites (tertiary alicyclic amines) is 1. The van der Waals surface area contributed by atoms with E-state index >= 15 is 0 Å². The van der Waals surface area contributed by atoms with E-state index in [0.29, 0.717) is 26.1 Å². The summed E-state index contributed by atoms with van der Waals surface area (Å²) in [6.45, 7) is 3.18. The molecule has 2 aliphatic rings. The van der Waals surface area contributed by atoms with Crippen molar-refractivity contribution in [2.75, 3.05) is 19.7 Å². The van der Waals surface area contributed by atoms with E-state index in [0.717, 1.165) is 18.4 Å². The second kappa shape index (κ2) is 6.32. The van der Waals surface area contributed by atoms with Gasteiger partial charge in [-0.15, -0.1) is 0 Å². The molecule has 0 aliphatic carbocycles. The normalized spacial score (nSPS) is 31.1. The molecule has 23 heavy (non-hydrogen) atoms. The summed E-state index contributed by atoms with van der Waals surface area (Å²) in [5, 5.41) is 9.35. The predicted molar refractivity (Wildman–Crippen MR) is 84.8 cm³/mol. The quantitative estimate of drug-likeness (QED) is 0.930. The Hall–Kier alpha value is -1.88. The monoisotopic (exact) mass is 317 g/mol. The number of rotatable bonds is 3. The van der Waals surface area contributed by atoms with Crippen LogP contribution in [0.5, 0.6) is 0 Å². The Morgan fingerprint density at radius 3 is 2.70 bits per heavy atom. The number of hydrogen-bond donors (Lipinski definition) is 1. The van der Waals surface area contributed by atoms with E-state index < -0.39 is 11.4 Å². The lowest BCUT2D eigenvalue weighted by molar-refractivity contribution is -0.149. The van der Waals surface area contributed by atoms with Gasteiger partial charge in [0.25, 0.3) is 0 Å². The molecule has 0 aromatic heterocycles. The number of nitrogens with zero attached hydrogens (tertiary/aromatic N) is 1. The van der Waals surface area contributed by atoms with Gasteiger partial charge in [-0.25, -0.2) is 0 Å². The van der Waals surface area contributed by atoms with E-state index in [4.69, 9.17) is 4.74 Å². The highest BCUT2D eigenvalue weighted by Gasteiger charge is 2.45. The maximum Gasteiger partial charge on any atom is 0.311 e. The minimum absolute atomic E-state index is 0.0310. The van der Waals surface area contributed by atoms with Crippen LogP contribution in [0.15, 0.2) is 30.3 Å². The van der Waals surface area contributed by atoms with E-state index in [1.165, 1.54) is 0 Å². The molecule has 124 valence electrons. The number of amides is 1. The van der Waals surface area contributed by atoms with Crippen molar-refractivity contribution in [3.63, 3.8) is 0 Å². The van der Waals surface area contributed by atoms with Crippen LogP contribution in [0.3, 0.4) is 0 Å². The summed E-state index contributed by atoms with van der Waals surface area (Å²) in [6, 6.07) is 9.82. The molecule has 1 aromatic carbocycles. The number of aliphatic carboxylic acids is 1. The Balaban J connectivity index is 1.76. The van der Waals surface area contributed by atoms with Gasteiger partial charge in [0.1, 0.15) is 0 Å². The van der Waals surface area contributed by atoms with Crippen molar-refractivity contribution < 1.29 is 19.4 Å². The highest BCUT2D eigenvalue weighted by molar-refractivity contribution is 5.82. The summed E-state index contributed by atoms with van der Waals surface area (Å²) in [5.41, 5.74) is 0.193. The molecule has 5 nitrogen and oxygen atoms in total. The van der Waals surface area contributed by atoms with Crippen LogP contribution in [0.2, 0.25) is 0 Å². The number of carboxylic acids is 1. The van der Waals surface area contributed by atoms with E-state index in [9.17, 15) is 14.7 Å². The first-order valence-corrected chi connectivity index (χ1v) is 8.20. The van der Waals surface area contributed by atoms with E-state index in [1.807, 2.05) is 30.3 Å². The van der Waals surface area contributed by atoms with Crippen molar-refractivity contribution in [2.24, 2.45) is 11.3 Å². The topological polar surface area (TPSA) is 66.8 Å². The van der Waals surface area contributed by atoms with Crippen molar-refractivity contribution >= 4 is 11.9 Å². The van der Waals surface area contributed by atoms with Crippen molar-refractivity contribution in [1.29, 1.82) is 0 Å². The average molecular weight is 317 g/mol. The Bertz CT molecular complexity index is 588. The Morgan fingerprint density at radius 2 is 2.04 bits per heavy atom. The standard InChI is InChI=1S/C18H23NO4/c1-18(17(21)22)9-10-19(12-18)16(20)14-8-5-11-23-15(14)13-6-3-2-4-7-13/h2-4,6-7,14-15H,5,8-12H2,1H3,(H,21,22). The highest BCUT2D eigenvalue weighted by atomic mass is 16.5. The fraction of sp³-hybridized carbons (Fsp3) is 0.556. The number of benzene rings is 1. The molecule has 2 aliphatic heterocycles. The summed E-state index contributed by atoms with van der Waals surface area (Å²) in [7, 11) is 0. The van der Waals surface area contributed by atoms with E-state index in [2.05, 4.69) is 0 Å². The summed E-state index contributed by atoms with van der Waals surface area (Å²) in [4.78, 5) is 26.1. The van der Waals surface area contributed by atoms with Crippen LogP contribution in [-0.4, -0.2) is 41.6 Å². The van der Waals surface area contributed by atoms with Crippen molar-refractivity contribution in [3.05, 3.63) is 35.9 Å². The Labute approximate surface area is 136 Å². The molecule has 3 atom stereocenters. The predicted octanol–water partition coefficient (Wildman–Crippen LogP) is 2.48. The van der Waals surface area contributed by atoms with Gasteiger partial charge in [0.2, 0.25) is 5.91 Å². The average Bonchev–Trinajstić information content (AvgIpc) is 2.99. The molecule has 2 saturated heterocycles. The van der Waals surface area contributed by atoms with Crippen LogP contribution in [0, 0.1) is 11.3 Å². The number of carboxylic acid groups (broad SMARTS) is 1. The number of hydrogen-bond acceptors (Lipinski definition) is 3. The minimum Gasteiger partial charge on any atom is -0.481 e. The molecule has 3 unspecified atom stereocenters. The third-order valence-corrected chi connectivity index (χ3v) is 5.07. The SMILES string of the molecule is CC1(C(=O)O)CCN(C(=O)C2CCCOC2c2ccccc2)C1. The van der Waals surface area contributed by atoms with Gasteiger partial charge in [0.15, 0.2) is 0 Å². The van der Waals surface area contributed by atoms with Gasteiger partial charge >= 0.3 is 5.97 Å². The van der Waals surface area contributed by atoms with Gasteiger partial charge in [0, 0.05) is 19.7 Å². The van der Waals surface area contributed by atoms with Gasteiger partial charge in [-0.1, -0.05) is 30.3 Å². The molecule has 0 saturated carbocycles. The molecule has 2 fully saturated rings. The highest BCUT2D eigenvalue weighted by Crippen LogP contribution is 2.37. The molecule has 0 radical (unpaired) electrons. The van der Waals surface area contributed by atoms with Crippen molar-refractivity contribution in [3.8, 4) is 0 Å². The van der Waals surface area contributed by atoms with Gasteiger partial charge in [0.05, 0.1) is 17.4 Å². The molecule has 3 rings (SSSR count). The first-order valence-electron chi connectivity index (χ1n) is 8.20. The molecule has 1 aromatic rings. The van der Waals surface area contributed by atoms with Gasteiger partial charge in [-0.05, 0) is 31.7 Å². The summed E-state index contributed by atoms with van der Waals surface area (Å²) in [5.74, 6) is -1.02. The zero-order valence-corrected chi connectivity index (χ0v) is 13.4. The van der Waals surface area contributed by atoms with Gasteiger partial charge in [-0.2, -0.15) is 0 Å². The first kappa shape index (κ1) is 16.0. The van der Waals surface area contributed by atoms with Crippen LogP contribution in [0.4, 0.5) is 0 Å². The first-order chi connectivity index (χ1) is 11.0. The van der Waals surface area contributed by atoms with E-state index in [-0.39, 0.29) is 17.9 Å². The van der Waals surface area contributed by atoms with Crippen LogP contribution in [-0.2, 0) is 14.3 Å². The van der Waals surface area contributed by atoms with Gasteiger partial charge < -0.3 is 14.7 Å². The number of ether oxygens (including phenoxy) is 1. The van der Waals surface area contributed by atoms with Crippen molar-refractivity contribution in [1.82, 2.24) is 4.90 Å². The second-order valence-corrected chi connectivity index (χ2v) is 6.83. The minimum atomic E-state index is -0.827. The lowest BCUT2D eigenvalue weighted by atomic mass is 9.88. The second-order valence-electron chi connectivity index (χ2n) is 6.83. The van der Waals surface area contributed by atoms with Crippen molar-refractivity contribution in [2.45, 2.75) is 32.3 Å². The Morgan fingerprint density at radius 1 is 1.30 bits per heavy atom. The summed E-state index contributed by atoms with van der Waals surface area (Å²) >= 11 is 0. The largest absolute Gasteiger partial charge is 0.481 e. The molecule has 1 N–H and O–H groups in total. The third kappa shape index (κ3) is 3.11. The molecular weight excluding hydrogens is 294 g/mol. The molecule has 5 heteroatoms. The fourth-order valence-corrected chi connectivity index (χ4v) is 3.56. The van der Waals surface area contributed by atoms with Crippen LogP contribution in [0.1, 0.15) is 37.9 Å². The molecule has 0 bridgehead atoms. The maximum absolute atomic E-state index is 12.9. The lowest BCUT2D eigenvalue weighted by Crippen LogP contribution is -2.41. The van der Waals surface area contributed by atoms with Crippen LogP contribution in [0.25, 0.3) is 0 Å². The third-order valence-electron chi connectivity index (χ3n) is 5.07. The summed E-state index contributed by atoms with van der Waals surface area (Å²) < 4.78 is 5.89. The van der Waals surface area contributed by atoms with E-state index in [1.54, 1.807) is 11.8 Å². The molecular formula is C18H23NO4. The van der Waals surface area contributed by atoms with Crippen LogP contribution >= 0.6 is 0 Å². The van der Waals surface area contributed by atoms with Gasteiger partial charge in [-0.3, -0.25) is 9.59 Å². The Kier molecular flexibility index (Phi) is 4.39. The number of carbonyl (C=O) groups excluding carboxylic acids is 1. The lowest BCUT2D eigenvalue weighted by Gasteiger charge is -2.34.